The van der Waals surface area contributed by atoms with Gasteiger partial charge < -0.3 is 15.0 Å². The number of fused-ring (bicyclic) bond motifs is 1. The van der Waals surface area contributed by atoms with Gasteiger partial charge in [0.1, 0.15) is 18.9 Å². The van der Waals surface area contributed by atoms with Crippen molar-refractivity contribution < 1.29 is 14.3 Å². The minimum absolute atomic E-state index is 0.0249. The number of esters is 1. The topological polar surface area (TPSA) is 89.3 Å². The Morgan fingerprint density at radius 2 is 1.78 bits per heavy atom. The second kappa shape index (κ2) is 9.05. The first kappa shape index (κ1) is 21.3. The van der Waals surface area contributed by atoms with Crippen molar-refractivity contribution in [1.82, 2.24) is 14.8 Å². The zero-order valence-electron chi connectivity index (χ0n) is 18.3. The molecule has 1 aliphatic rings. The van der Waals surface area contributed by atoms with Gasteiger partial charge in [0, 0.05) is 11.4 Å². The van der Waals surface area contributed by atoms with Crippen LogP contribution in [0.3, 0.4) is 0 Å². The first-order valence-electron chi connectivity index (χ1n) is 10.5. The van der Waals surface area contributed by atoms with Gasteiger partial charge in [-0.1, -0.05) is 48.0 Å². The summed E-state index contributed by atoms with van der Waals surface area (Å²) in [5, 5.41) is 7.27. The summed E-state index contributed by atoms with van der Waals surface area (Å²) in [6.07, 6.45) is 1.43. The maximum absolute atomic E-state index is 13.0. The number of hydrogen-bond donors (Lipinski definition) is 1. The maximum atomic E-state index is 13.0. The zero-order chi connectivity index (χ0) is 22.7. The number of carbonyl (C=O) groups is 2. The van der Waals surface area contributed by atoms with Crippen molar-refractivity contribution >= 4 is 23.5 Å². The minimum atomic E-state index is -0.499. The van der Waals surface area contributed by atoms with Crippen molar-refractivity contribution in [2.24, 2.45) is 0 Å². The predicted octanol–water partition coefficient (Wildman–Crippen LogP) is 3.47. The van der Waals surface area contributed by atoms with Gasteiger partial charge in [-0.15, -0.1) is 0 Å². The molecule has 2 heterocycles. The van der Waals surface area contributed by atoms with E-state index >= 15 is 0 Å². The van der Waals surface area contributed by atoms with Crippen LogP contribution in [-0.4, -0.2) is 39.8 Å². The molecule has 8 heteroatoms. The number of hydrogen-bond acceptors (Lipinski definition) is 6. The molecule has 0 bridgehead atoms. The van der Waals surface area contributed by atoms with Crippen molar-refractivity contribution in [3.63, 3.8) is 0 Å². The fourth-order valence-electron chi connectivity index (χ4n) is 3.81. The first-order chi connectivity index (χ1) is 15.5. The quantitative estimate of drug-likeness (QED) is 0.601. The van der Waals surface area contributed by atoms with Crippen LogP contribution in [0.4, 0.5) is 11.6 Å². The van der Waals surface area contributed by atoms with Gasteiger partial charge in [0.15, 0.2) is 0 Å². The number of benzene rings is 2. The summed E-state index contributed by atoms with van der Waals surface area (Å²) in [7, 11) is 0. The average molecular weight is 431 g/mol. The van der Waals surface area contributed by atoms with E-state index in [9.17, 15) is 9.59 Å². The standard InChI is InChI=1S/C24H25N5O3/c1-4-32-23(31)21-17(3)28(14-20(30)27-19-8-6-5-7-9-19)24-25-15-26-29(24)22(21)18-12-10-16(2)11-13-18/h5-13,15,22H,4,14H2,1-3H3,(H,27,30)/t22-/m0/s1. The molecule has 1 aromatic heterocycles. The summed E-state index contributed by atoms with van der Waals surface area (Å²) < 4.78 is 7.05. The van der Waals surface area contributed by atoms with E-state index in [0.717, 1.165) is 11.1 Å². The van der Waals surface area contributed by atoms with E-state index in [0.29, 0.717) is 22.9 Å². The van der Waals surface area contributed by atoms with Gasteiger partial charge in [0.2, 0.25) is 11.9 Å². The highest BCUT2D eigenvalue weighted by molar-refractivity contribution is 5.96. The SMILES string of the molecule is CCOC(=O)C1=C(C)N(CC(=O)Nc2ccccc2)c2ncnn2[C@H]1c1ccc(C)cc1. The Morgan fingerprint density at radius 3 is 2.47 bits per heavy atom. The number of carbonyl (C=O) groups excluding carboxylic acids is 2. The maximum Gasteiger partial charge on any atom is 0.338 e. The Morgan fingerprint density at radius 1 is 1.06 bits per heavy atom. The average Bonchev–Trinajstić information content (AvgIpc) is 3.26. The van der Waals surface area contributed by atoms with Crippen molar-refractivity contribution in [3.05, 3.63) is 83.3 Å². The molecule has 164 valence electrons. The van der Waals surface area contributed by atoms with Crippen molar-refractivity contribution in [3.8, 4) is 0 Å². The van der Waals surface area contributed by atoms with Crippen LogP contribution in [-0.2, 0) is 14.3 Å². The Hall–Kier alpha value is -3.94. The molecule has 1 amide bonds. The van der Waals surface area contributed by atoms with Gasteiger partial charge in [-0.2, -0.15) is 10.1 Å². The molecule has 2 aromatic carbocycles. The van der Waals surface area contributed by atoms with E-state index in [1.807, 2.05) is 61.5 Å². The number of rotatable bonds is 6. The van der Waals surface area contributed by atoms with E-state index in [-0.39, 0.29) is 19.1 Å². The van der Waals surface area contributed by atoms with Crippen LogP contribution in [0, 0.1) is 6.92 Å². The number of anilines is 2. The number of aryl methyl sites for hydroxylation is 1. The van der Waals surface area contributed by atoms with E-state index in [1.54, 1.807) is 23.4 Å². The summed E-state index contributed by atoms with van der Waals surface area (Å²) in [5.74, 6) is -0.184. The lowest BCUT2D eigenvalue weighted by molar-refractivity contribution is -0.139. The highest BCUT2D eigenvalue weighted by Crippen LogP contribution is 2.38. The molecule has 0 unspecified atom stereocenters. The molecule has 0 saturated heterocycles. The van der Waals surface area contributed by atoms with Crippen LogP contribution in [0.2, 0.25) is 0 Å². The molecule has 1 atom stereocenters. The number of ether oxygens (including phenoxy) is 1. The van der Waals surface area contributed by atoms with Crippen LogP contribution in [0.5, 0.6) is 0 Å². The van der Waals surface area contributed by atoms with Gasteiger partial charge in [-0.25, -0.2) is 9.48 Å². The van der Waals surface area contributed by atoms with Gasteiger partial charge in [-0.05, 0) is 38.5 Å². The second-order valence-electron chi connectivity index (χ2n) is 7.54. The van der Waals surface area contributed by atoms with Crippen molar-refractivity contribution in [2.75, 3.05) is 23.4 Å². The summed E-state index contributed by atoms with van der Waals surface area (Å²) >= 11 is 0. The Labute approximate surface area is 186 Å². The van der Waals surface area contributed by atoms with Crippen LogP contribution in [0.25, 0.3) is 0 Å². The number of nitrogens with zero attached hydrogens (tertiary/aromatic N) is 4. The monoisotopic (exact) mass is 431 g/mol. The van der Waals surface area contributed by atoms with Crippen LogP contribution in [0.15, 0.2) is 72.2 Å². The number of para-hydroxylation sites is 1. The number of aromatic nitrogens is 3. The normalized spacial score (nSPS) is 15.3. The van der Waals surface area contributed by atoms with E-state index < -0.39 is 12.0 Å². The van der Waals surface area contributed by atoms with Crippen LogP contribution in [0.1, 0.15) is 31.0 Å². The molecule has 0 aliphatic carbocycles. The molecule has 0 spiro atoms. The van der Waals surface area contributed by atoms with Crippen LogP contribution >= 0.6 is 0 Å². The highest BCUT2D eigenvalue weighted by Gasteiger charge is 2.38. The number of amides is 1. The lowest BCUT2D eigenvalue weighted by atomic mass is 9.94. The summed E-state index contributed by atoms with van der Waals surface area (Å²) in [5.41, 5.74) is 3.74. The van der Waals surface area contributed by atoms with E-state index in [4.69, 9.17) is 4.74 Å². The van der Waals surface area contributed by atoms with Gasteiger partial charge in [0.05, 0.1) is 12.2 Å². The van der Waals surface area contributed by atoms with Crippen LogP contribution < -0.4 is 10.2 Å². The van der Waals surface area contributed by atoms with Crippen molar-refractivity contribution in [1.29, 1.82) is 0 Å². The fourth-order valence-corrected chi connectivity index (χ4v) is 3.81. The second-order valence-corrected chi connectivity index (χ2v) is 7.54. The van der Waals surface area contributed by atoms with Crippen molar-refractivity contribution in [2.45, 2.75) is 26.8 Å². The molecule has 0 saturated carbocycles. The molecule has 1 aliphatic heterocycles. The smallest absolute Gasteiger partial charge is 0.338 e. The lowest BCUT2D eigenvalue weighted by Crippen LogP contribution is -2.40. The molecule has 1 N–H and O–H groups in total. The molecule has 0 fully saturated rings. The third-order valence-electron chi connectivity index (χ3n) is 5.36. The number of allylic oxidation sites excluding steroid dienone is 1. The van der Waals surface area contributed by atoms with E-state index in [2.05, 4.69) is 15.4 Å². The van der Waals surface area contributed by atoms with Gasteiger partial charge in [-0.3, -0.25) is 4.79 Å². The zero-order valence-corrected chi connectivity index (χ0v) is 18.3. The fraction of sp³-hybridized carbons (Fsp3) is 0.250. The summed E-state index contributed by atoms with van der Waals surface area (Å²) in [6.45, 7) is 5.80. The first-order valence-corrected chi connectivity index (χ1v) is 10.5. The van der Waals surface area contributed by atoms with Gasteiger partial charge >= 0.3 is 5.97 Å². The Balaban J connectivity index is 1.74. The highest BCUT2D eigenvalue weighted by atomic mass is 16.5. The predicted molar refractivity (Wildman–Crippen MR) is 121 cm³/mol. The molecule has 0 radical (unpaired) electrons. The molecular formula is C24H25N5O3. The minimum Gasteiger partial charge on any atom is -0.463 e. The lowest BCUT2D eigenvalue weighted by Gasteiger charge is -2.35. The Bertz CT molecular complexity index is 1150. The molecule has 3 aromatic rings. The number of nitrogens with one attached hydrogen (secondary N) is 1. The van der Waals surface area contributed by atoms with Gasteiger partial charge in [0.25, 0.3) is 0 Å². The molecule has 8 nitrogen and oxygen atoms in total. The largest absolute Gasteiger partial charge is 0.463 e. The molecule has 32 heavy (non-hydrogen) atoms. The summed E-state index contributed by atoms with van der Waals surface area (Å²) in [6, 6.07) is 16.6. The van der Waals surface area contributed by atoms with E-state index in [1.165, 1.54) is 6.33 Å². The molecule has 4 rings (SSSR count). The third kappa shape index (κ3) is 4.12. The summed E-state index contributed by atoms with van der Waals surface area (Å²) in [4.78, 5) is 31.9. The third-order valence-corrected chi connectivity index (χ3v) is 5.36. The molecular weight excluding hydrogens is 406 g/mol. The Kier molecular flexibility index (Phi) is 6.02.